The van der Waals surface area contributed by atoms with Crippen LogP contribution in [0.4, 0.5) is 20.3 Å². The molecular weight excluding hydrogens is 544 g/mol. The molecule has 1 N–H and O–H groups in total. The van der Waals surface area contributed by atoms with Gasteiger partial charge in [-0.15, -0.1) is 0 Å². The van der Waals surface area contributed by atoms with Gasteiger partial charge in [0.1, 0.15) is 24.0 Å². The second kappa shape index (κ2) is 12.1. The van der Waals surface area contributed by atoms with E-state index in [1.165, 1.54) is 41.7 Å². The largest absolute Gasteiger partial charge is 0.351 e. The van der Waals surface area contributed by atoms with Crippen LogP contribution in [0.1, 0.15) is 55.8 Å². The van der Waals surface area contributed by atoms with Crippen molar-refractivity contribution < 1.29 is 23.2 Å². The number of aromatic nitrogens is 2. The van der Waals surface area contributed by atoms with Gasteiger partial charge in [-0.3, -0.25) is 29.2 Å². The van der Waals surface area contributed by atoms with Crippen molar-refractivity contribution in [1.29, 1.82) is 10.5 Å². The van der Waals surface area contributed by atoms with Crippen LogP contribution in [0.2, 0.25) is 0 Å². The summed E-state index contributed by atoms with van der Waals surface area (Å²) in [5.74, 6) is -4.54. The Labute approximate surface area is 241 Å². The van der Waals surface area contributed by atoms with Crippen LogP contribution in [0.5, 0.6) is 0 Å². The zero-order chi connectivity index (χ0) is 29.1. The molecule has 10 nitrogen and oxygen atoms in total. The number of anilines is 2. The Balaban J connectivity index is 0.00000405. The Morgan fingerprint density at radius 3 is 2.45 bits per heavy atom. The third-order valence-corrected chi connectivity index (χ3v) is 7.05. The Bertz CT molecular complexity index is 1580. The van der Waals surface area contributed by atoms with Gasteiger partial charge >= 0.3 is 0 Å². The summed E-state index contributed by atoms with van der Waals surface area (Å²) >= 11 is 0. The maximum absolute atomic E-state index is 14.4. The van der Waals surface area contributed by atoms with Gasteiger partial charge in [-0.25, -0.2) is 13.8 Å². The molecule has 12 heteroatoms. The number of hydrogen-bond acceptors (Lipinski definition) is 7. The minimum Gasteiger partial charge on any atom is -0.351 e. The van der Waals surface area contributed by atoms with Crippen LogP contribution in [0.3, 0.4) is 0 Å². The van der Waals surface area contributed by atoms with Gasteiger partial charge < -0.3 is 5.32 Å². The van der Waals surface area contributed by atoms with Gasteiger partial charge in [0.15, 0.2) is 0 Å². The van der Waals surface area contributed by atoms with Gasteiger partial charge in [0.05, 0.1) is 29.1 Å². The Morgan fingerprint density at radius 2 is 1.79 bits per heavy atom. The van der Waals surface area contributed by atoms with Crippen LogP contribution in [-0.2, 0) is 14.4 Å². The summed E-state index contributed by atoms with van der Waals surface area (Å²) in [4.78, 5) is 51.9. The molecule has 214 valence electrons. The molecule has 0 bridgehead atoms. The van der Waals surface area contributed by atoms with E-state index in [9.17, 15) is 33.7 Å². The van der Waals surface area contributed by atoms with E-state index in [4.69, 9.17) is 0 Å². The van der Waals surface area contributed by atoms with Crippen LogP contribution in [-0.4, -0.2) is 45.7 Å². The SMILES string of the molecule is C.N#Cc1cncc(N(C(=O)[C@@H]2CCC(=O)N2c2cc(C#N)ccn2)[C@H](C(=O)NC2CC(F)(F)C2)c2ccccc2)c1. The van der Waals surface area contributed by atoms with Gasteiger partial charge in [-0.1, -0.05) is 37.8 Å². The molecule has 1 aliphatic heterocycles. The lowest BCUT2D eigenvalue weighted by Gasteiger charge is -2.39. The third kappa shape index (κ3) is 5.93. The van der Waals surface area contributed by atoms with Crippen molar-refractivity contribution in [2.24, 2.45) is 0 Å². The molecule has 0 radical (unpaired) electrons. The smallest absolute Gasteiger partial charge is 0.252 e. The van der Waals surface area contributed by atoms with Crippen LogP contribution < -0.4 is 15.1 Å². The number of nitriles is 2. The molecule has 3 amide bonds. The average Bonchev–Trinajstić information content (AvgIpc) is 3.36. The van der Waals surface area contributed by atoms with Crippen molar-refractivity contribution in [3.63, 3.8) is 0 Å². The first kappa shape index (κ1) is 29.7. The van der Waals surface area contributed by atoms with Crippen molar-refractivity contribution >= 4 is 29.2 Å². The summed E-state index contributed by atoms with van der Waals surface area (Å²) in [6.07, 6.45) is 3.03. The lowest BCUT2D eigenvalue weighted by Crippen LogP contribution is -2.56. The minimum absolute atomic E-state index is 0. The molecule has 0 unspecified atom stereocenters. The highest BCUT2D eigenvalue weighted by Crippen LogP contribution is 2.39. The first-order chi connectivity index (χ1) is 19.7. The van der Waals surface area contributed by atoms with Crippen molar-refractivity contribution in [3.8, 4) is 12.1 Å². The maximum atomic E-state index is 14.4. The predicted octanol–water partition coefficient (Wildman–Crippen LogP) is 4.04. The van der Waals surface area contributed by atoms with E-state index in [0.29, 0.717) is 5.56 Å². The summed E-state index contributed by atoms with van der Waals surface area (Å²) in [5.41, 5.74) is 0.846. The van der Waals surface area contributed by atoms with Crippen LogP contribution in [0, 0.1) is 22.7 Å². The summed E-state index contributed by atoms with van der Waals surface area (Å²) in [6.45, 7) is 0. The molecule has 2 aromatic heterocycles. The Morgan fingerprint density at radius 1 is 1.07 bits per heavy atom. The highest BCUT2D eigenvalue weighted by atomic mass is 19.3. The van der Waals surface area contributed by atoms with Gasteiger partial charge in [0.25, 0.3) is 11.8 Å². The number of alkyl halides is 2. The Hall–Kier alpha value is -5.23. The minimum atomic E-state index is -2.88. The number of rotatable bonds is 7. The van der Waals surface area contributed by atoms with Crippen molar-refractivity contribution in [2.45, 2.75) is 57.2 Å². The molecule has 1 saturated carbocycles. The molecule has 42 heavy (non-hydrogen) atoms. The topological polar surface area (TPSA) is 143 Å². The Kier molecular flexibility index (Phi) is 8.57. The lowest BCUT2D eigenvalue weighted by atomic mass is 9.87. The number of carbonyl (C=O) groups excluding carboxylic acids is 3. The van der Waals surface area contributed by atoms with E-state index in [1.807, 2.05) is 12.1 Å². The number of carbonyl (C=O) groups is 3. The fourth-order valence-electron chi connectivity index (χ4n) is 5.11. The number of nitrogens with one attached hydrogen (secondary N) is 1. The molecule has 0 spiro atoms. The number of halogens is 2. The van der Waals surface area contributed by atoms with Crippen molar-refractivity contribution in [1.82, 2.24) is 15.3 Å². The number of benzene rings is 1. The molecule has 1 saturated heterocycles. The molecule has 5 rings (SSSR count). The molecule has 2 aliphatic rings. The fourth-order valence-corrected chi connectivity index (χ4v) is 5.11. The van der Waals surface area contributed by atoms with Crippen molar-refractivity contribution in [3.05, 3.63) is 83.8 Å². The fraction of sp³-hybridized carbons (Fsp3) is 0.300. The summed E-state index contributed by atoms with van der Waals surface area (Å²) in [6, 6.07) is 13.3. The zero-order valence-corrected chi connectivity index (χ0v) is 21.6. The van der Waals surface area contributed by atoms with E-state index >= 15 is 0 Å². The quantitative estimate of drug-likeness (QED) is 0.451. The van der Waals surface area contributed by atoms with Gasteiger partial charge in [-0.05, 0) is 30.2 Å². The van der Waals surface area contributed by atoms with Crippen LogP contribution in [0.25, 0.3) is 0 Å². The van der Waals surface area contributed by atoms with Gasteiger partial charge in [0, 0.05) is 37.7 Å². The molecule has 3 aromatic rings. The molecule has 2 atom stereocenters. The first-order valence-corrected chi connectivity index (χ1v) is 12.8. The maximum Gasteiger partial charge on any atom is 0.252 e. The summed E-state index contributed by atoms with van der Waals surface area (Å²) in [5, 5.41) is 21.5. The van der Waals surface area contributed by atoms with Crippen LogP contribution >= 0.6 is 0 Å². The summed E-state index contributed by atoms with van der Waals surface area (Å²) < 4.78 is 27.2. The molecular formula is C30H27F2N7O3. The number of pyridine rings is 2. The monoisotopic (exact) mass is 571 g/mol. The highest BCUT2D eigenvalue weighted by molar-refractivity contribution is 6.10. The second-order valence-electron chi connectivity index (χ2n) is 9.87. The molecule has 1 aliphatic carbocycles. The zero-order valence-electron chi connectivity index (χ0n) is 21.6. The van der Waals surface area contributed by atoms with Gasteiger partial charge in [0.2, 0.25) is 11.8 Å². The molecule has 2 fully saturated rings. The van der Waals surface area contributed by atoms with E-state index in [2.05, 4.69) is 15.3 Å². The van der Waals surface area contributed by atoms with Crippen molar-refractivity contribution in [2.75, 3.05) is 9.80 Å². The second-order valence-corrected chi connectivity index (χ2v) is 9.87. The van der Waals surface area contributed by atoms with Crippen LogP contribution in [0.15, 0.2) is 67.1 Å². The van der Waals surface area contributed by atoms with Gasteiger partial charge in [-0.2, -0.15) is 10.5 Å². The van der Waals surface area contributed by atoms with E-state index in [0.717, 1.165) is 4.90 Å². The van der Waals surface area contributed by atoms with E-state index in [-0.39, 0.29) is 42.9 Å². The molecule has 1 aromatic carbocycles. The number of amides is 3. The predicted molar refractivity (Wildman–Crippen MR) is 148 cm³/mol. The van der Waals surface area contributed by atoms with E-state index < -0.39 is 54.6 Å². The highest BCUT2D eigenvalue weighted by Gasteiger charge is 2.48. The first-order valence-electron chi connectivity index (χ1n) is 12.8. The van der Waals surface area contributed by atoms with E-state index in [1.54, 1.807) is 30.3 Å². The number of hydrogen-bond donors (Lipinski definition) is 1. The third-order valence-electron chi connectivity index (χ3n) is 7.05. The molecule has 3 heterocycles. The lowest BCUT2D eigenvalue weighted by molar-refractivity contribution is -0.133. The summed E-state index contributed by atoms with van der Waals surface area (Å²) in [7, 11) is 0. The average molecular weight is 572 g/mol. The standard InChI is InChI=1S/C29H23F2N7O3.CH4/c30-29(31)12-21(13-29)36-27(40)26(20-4-2-1-3-5-20)37(22-10-19(15-33)16-34-17-22)28(41)23-6-7-25(39)38(23)24-11-18(14-32)8-9-35-24;/h1-5,8-11,16-17,21,23,26H,6-7,12-13H2,(H,36,40);1H4/t23-,26-;/m0./s1. The number of nitrogens with zero attached hydrogens (tertiary/aromatic N) is 6. The normalized spacial score (nSPS) is 18.0.